The van der Waals surface area contributed by atoms with E-state index in [-0.39, 0.29) is 18.2 Å². The van der Waals surface area contributed by atoms with E-state index < -0.39 is 11.7 Å². The van der Waals surface area contributed by atoms with Crippen molar-refractivity contribution < 1.29 is 27.8 Å². The number of phenols is 1. The summed E-state index contributed by atoms with van der Waals surface area (Å²) in [4.78, 5) is 3.59. The highest BCUT2D eigenvalue weighted by Gasteiger charge is 2.30. The van der Waals surface area contributed by atoms with Crippen LogP contribution in [0.4, 0.5) is 13.2 Å². The van der Waals surface area contributed by atoms with Gasteiger partial charge in [-0.1, -0.05) is 12.1 Å². The van der Waals surface area contributed by atoms with E-state index in [1.807, 2.05) is 0 Å². The summed E-state index contributed by atoms with van der Waals surface area (Å²) in [7, 11) is 0. The lowest BCUT2D eigenvalue weighted by atomic mass is 10.3. The largest absolute Gasteiger partial charge is 0.504 e. The van der Waals surface area contributed by atoms with Gasteiger partial charge in [0.2, 0.25) is 5.88 Å². The molecular weight excluding hydrogens is 299 g/mol. The molecule has 2 aromatic rings. The number of hydrogen-bond acceptors (Lipinski definition) is 4. The first-order valence-corrected chi connectivity index (χ1v) is 6.53. The highest BCUT2D eigenvalue weighted by atomic mass is 19.4. The van der Waals surface area contributed by atoms with Gasteiger partial charge < -0.3 is 14.6 Å². The zero-order valence-corrected chi connectivity index (χ0v) is 11.5. The Morgan fingerprint density at radius 3 is 2.36 bits per heavy atom. The molecule has 0 aliphatic carbocycles. The highest BCUT2D eigenvalue weighted by molar-refractivity contribution is 5.37. The molecule has 7 heteroatoms. The molecule has 0 bridgehead atoms. The van der Waals surface area contributed by atoms with Crippen LogP contribution in [0.3, 0.4) is 0 Å². The summed E-state index contributed by atoms with van der Waals surface area (Å²) in [6.45, 7) is 0.546. The number of hydrogen-bond donors (Lipinski definition) is 1. The average molecular weight is 313 g/mol. The molecule has 0 radical (unpaired) electrons. The normalized spacial score (nSPS) is 11.2. The van der Waals surface area contributed by atoms with Crippen LogP contribution in [-0.2, 0) is 6.18 Å². The van der Waals surface area contributed by atoms with E-state index in [0.29, 0.717) is 18.8 Å². The molecule has 0 saturated carbocycles. The van der Waals surface area contributed by atoms with Gasteiger partial charge in [0.15, 0.2) is 11.5 Å². The zero-order valence-electron chi connectivity index (χ0n) is 11.5. The molecule has 0 amide bonds. The summed E-state index contributed by atoms with van der Waals surface area (Å²) < 4.78 is 47.6. The van der Waals surface area contributed by atoms with Crippen molar-refractivity contribution in [2.75, 3.05) is 13.2 Å². The van der Waals surface area contributed by atoms with Crippen LogP contribution >= 0.6 is 0 Å². The number of alkyl halides is 3. The van der Waals surface area contributed by atoms with Crippen molar-refractivity contribution >= 4 is 0 Å². The molecule has 1 aromatic heterocycles. The van der Waals surface area contributed by atoms with Gasteiger partial charge in [0.1, 0.15) is 0 Å². The maximum Gasteiger partial charge on any atom is 0.417 e. The maximum absolute atomic E-state index is 12.3. The summed E-state index contributed by atoms with van der Waals surface area (Å²) in [5.41, 5.74) is -0.817. The molecule has 2 rings (SSSR count). The van der Waals surface area contributed by atoms with E-state index in [2.05, 4.69) is 4.98 Å². The lowest BCUT2D eigenvalue weighted by Crippen LogP contribution is -2.08. The van der Waals surface area contributed by atoms with Crippen molar-refractivity contribution in [2.24, 2.45) is 0 Å². The highest BCUT2D eigenvalue weighted by Crippen LogP contribution is 2.29. The number of phenolic OH excluding ortho intramolecular Hbond substituents is 1. The molecule has 0 aliphatic heterocycles. The summed E-state index contributed by atoms with van der Waals surface area (Å²) in [6, 6.07) is 8.65. The zero-order chi connectivity index (χ0) is 16.0. The van der Waals surface area contributed by atoms with Crippen LogP contribution in [0.2, 0.25) is 0 Å². The van der Waals surface area contributed by atoms with Gasteiger partial charge in [0.25, 0.3) is 0 Å². The second kappa shape index (κ2) is 7.02. The lowest BCUT2D eigenvalue weighted by Gasteiger charge is -2.09. The quantitative estimate of drug-likeness (QED) is 0.827. The third kappa shape index (κ3) is 4.54. The van der Waals surface area contributed by atoms with E-state index in [4.69, 9.17) is 9.47 Å². The molecule has 0 saturated heterocycles. The molecule has 0 unspecified atom stereocenters. The first-order valence-electron chi connectivity index (χ1n) is 6.53. The van der Waals surface area contributed by atoms with Gasteiger partial charge in [0, 0.05) is 18.7 Å². The summed E-state index contributed by atoms with van der Waals surface area (Å²) in [6.07, 6.45) is -3.18. The van der Waals surface area contributed by atoms with Gasteiger partial charge in [-0.05, 0) is 18.2 Å². The molecule has 1 aromatic carbocycles. The summed E-state index contributed by atoms with van der Waals surface area (Å²) in [5.74, 6) is 0.540. The molecule has 0 aliphatic rings. The standard InChI is InChI=1S/C15H14F3NO3/c16-15(17,18)11-6-7-14(19-10-11)22-9-3-8-21-13-5-2-1-4-12(13)20/h1-2,4-7,10,20H,3,8-9H2. The second-order valence-electron chi connectivity index (χ2n) is 4.40. The summed E-state index contributed by atoms with van der Waals surface area (Å²) in [5, 5.41) is 9.48. The van der Waals surface area contributed by atoms with Crippen molar-refractivity contribution in [1.29, 1.82) is 0 Å². The van der Waals surface area contributed by atoms with Gasteiger partial charge >= 0.3 is 6.18 Å². The van der Waals surface area contributed by atoms with Crippen LogP contribution in [0.5, 0.6) is 17.4 Å². The molecule has 1 heterocycles. The minimum Gasteiger partial charge on any atom is -0.504 e. The summed E-state index contributed by atoms with van der Waals surface area (Å²) >= 11 is 0. The van der Waals surface area contributed by atoms with Crippen molar-refractivity contribution in [1.82, 2.24) is 4.98 Å². The molecule has 4 nitrogen and oxygen atoms in total. The van der Waals surface area contributed by atoms with Crippen molar-refractivity contribution in [2.45, 2.75) is 12.6 Å². The van der Waals surface area contributed by atoms with Crippen LogP contribution in [0, 0.1) is 0 Å². The molecule has 0 spiro atoms. The Bertz CT molecular complexity index is 600. The van der Waals surface area contributed by atoms with E-state index in [1.165, 1.54) is 12.1 Å². The maximum atomic E-state index is 12.3. The predicted molar refractivity (Wildman–Crippen MR) is 73.0 cm³/mol. The number of halogens is 3. The Balaban J connectivity index is 1.72. The fourth-order valence-corrected chi connectivity index (χ4v) is 1.63. The number of nitrogens with zero attached hydrogens (tertiary/aromatic N) is 1. The number of benzene rings is 1. The first-order chi connectivity index (χ1) is 10.5. The number of ether oxygens (including phenoxy) is 2. The second-order valence-corrected chi connectivity index (χ2v) is 4.40. The smallest absolute Gasteiger partial charge is 0.417 e. The fourth-order valence-electron chi connectivity index (χ4n) is 1.63. The van der Waals surface area contributed by atoms with E-state index in [1.54, 1.807) is 18.2 Å². The van der Waals surface area contributed by atoms with Gasteiger partial charge in [-0.25, -0.2) is 4.98 Å². The van der Waals surface area contributed by atoms with E-state index in [9.17, 15) is 18.3 Å². The Morgan fingerprint density at radius 2 is 1.73 bits per heavy atom. The third-order valence-corrected chi connectivity index (χ3v) is 2.73. The van der Waals surface area contributed by atoms with Gasteiger partial charge in [-0.3, -0.25) is 0 Å². The fraction of sp³-hybridized carbons (Fsp3) is 0.267. The predicted octanol–water partition coefficient (Wildman–Crippen LogP) is 3.65. The minimum atomic E-state index is -4.41. The number of aromatic nitrogens is 1. The molecule has 22 heavy (non-hydrogen) atoms. The topological polar surface area (TPSA) is 51.6 Å². The number of para-hydroxylation sites is 2. The lowest BCUT2D eigenvalue weighted by molar-refractivity contribution is -0.137. The monoisotopic (exact) mass is 313 g/mol. The SMILES string of the molecule is Oc1ccccc1OCCCOc1ccc(C(F)(F)F)cn1. The van der Waals surface area contributed by atoms with Gasteiger partial charge in [-0.15, -0.1) is 0 Å². The molecule has 1 N–H and O–H groups in total. The molecule has 0 atom stereocenters. The number of aromatic hydroxyl groups is 1. The Morgan fingerprint density at radius 1 is 1.00 bits per heavy atom. The Labute approximate surface area is 125 Å². The van der Waals surface area contributed by atoms with Crippen LogP contribution in [0.1, 0.15) is 12.0 Å². The van der Waals surface area contributed by atoms with E-state index >= 15 is 0 Å². The van der Waals surface area contributed by atoms with E-state index in [0.717, 1.165) is 12.3 Å². The molecular formula is C15H14F3NO3. The van der Waals surface area contributed by atoms with Crippen LogP contribution in [0.25, 0.3) is 0 Å². The molecule has 118 valence electrons. The minimum absolute atomic E-state index is 0.0489. The Hall–Kier alpha value is -2.44. The van der Waals surface area contributed by atoms with Crippen molar-refractivity contribution in [3.8, 4) is 17.4 Å². The van der Waals surface area contributed by atoms with Crippen LogP contribution in [-0.4, -0.2) is 23.3 Å². The van der Waals surface area contributed by atoms with Crippen molar-refractivity contribution in [3.63, 3.8) is 0 Å². The van der Waals surface area contributed by atoms with Crippen LogP contribution < -0.4 is 9.47 Å². The average Bonchev–Trinajstić information content (AvgIpc) is 2.48. The first kappa shape index (κ1) is 15.9. The van der Waals surface area contributed by atoms with Crippen molar-refractivity contribution in [3.05, 3.63) is 48.2 Å². The van der Waals surface area contributed by atoms with Gasteiger partial charge in [0.05, 0.1) is 18.8 Å². The number of pyridine rings is 1. The molecule has 0 fully saturated rings. The number of rotatable bonds is 6. The Kier molecular flexibility index (Phi) is 5.08. The van der Waals surface area contributed by atoms with Gasteiger partial charge in [-0.2, -0.15) is 13.2 Å². The third-order valence-electron chi connectivity index (χ3n) is 2.73. The van der Waals surface area contributed by atoms with Crippen LogP contribution in [0.15, 0.2) is 42.6 Å².